The smallest absolute Gasteiger partial charge is 0.246 e. The van der Waals surface area contributed by atoms with Crippen LogP contribution in [0.15, 0.2) is 42.5 Å². The topological polar surface area (TPSA) is 48.0 Å². The van der Waals surface area contributed by atoms with Gasteiger partial charge in [-0.15, -0.1) is 0 Å². The zero-order valence-electron chi connectivity index (χ0n) is 15.0. The molecule has 0 radical (unpaired) electrons. The predicted octanol–water partition coefficient (Wildman–Crippen LogP) is 3.38. The lowest BCUT2D eigenvalue weighted by molar-refractivity contribution is -0.124. The SMILES string of the molecule is O=C(/C=C/c1ccc2c(c1)OCO2)N1CC[C@@H](c2ccc3c(c2)CCO3)C1. The van der Waals surface area contributed by atoms with Crippen molar-refractivity contribution in [2.45, 2.75) is 18.8 Å². The van der Waals surface area contributed by atoms with E-state index in [2.05, 4.69) is 18.2 Å². The molecule has 2 aromatic rings. The lowest BCUT2D eigenvalue weighted by atomic mass is 9.96. The third-order valence-corrected chi connectivity index (χ3v) is 5.50. The second-order valence-corrected chi connectivity index (χ2v) is 7.18. The Kier molecular flexibility index (Phi) is 4.00. The van der Waals surface area contributed by atoms with E-state index < -0.39 is 0 Å². The van der Waals surface area contributed by atoms with E-state index in [9.17, 15) is 4.79 Å². The minimum absolute atomic E-state index is 0.0552. The Morgan fingerprint density at radius 1 is 1.04 bits per heavy atom. The Balaban J connectivity index is 1.24. The third kappa shape index (κ3) is 3.14. The fourth-order valence-corrected chi connectivity index (χ4v) is 3.98. The van der Waals surface area contributed by atoms with E-state index in [1.54, 1.807) is 6.08 Å². The minimum atomic E-state index is 0.0552. The summed E-state index contributed by atoms with van der Waals surface area (Å²) < 4.78 is 16.3. The Labute approximate surface area is 158 Å². The molecule has 0 bridgehead atoms. The number of hydrogen-bond acceptors (Lipinski definition) is 4. The van der Waals surface area contributed by atoms with Crippen LogP contribution >= 0.6 is 0 Å². The van der Waals surface area contributed by atoms with Crippen LogP contribution in [0.1, 0.15) is 29.0 Å². The van der Waals surface area contributed by atoms with Gasteiger partial charge in [0.1, 0.15) is 5.75 Å². The van der Waals surface area contributed by atoms with Crippen molar-refractivity contribution in [2.75, 3.05) is 26.5 Å². The Bertz CT molecular complexity index is 921. The zero-order chi connectivity index (χ0) is 18.2. The summed E-state index contributed by atoms with van der Waals surface area (Å²) in [5.74, 6) is 2.95. The van der Waals surface area contributed by atoms with Gasteiger partial charge in [-0.1, -0.05) is 18.2 Å². The summed E-state index contributed by atoms with van der Waals surface area (Å²) in [6.45, 7) is 2.59. The van der Waals surface area contributed by atoms with Crippen molar-refractivity contribution in [3.05, 3.63) is 59.2 Å². The van der Waals surface area contributed by atoms with Crippen LogP contribution in [0, 0.1) is 0 Å². The van der Waals surface area contributed by atoms with Gasteiger partial charge in [-0.2, -0.15) is 0 Å². The van der Waals surface area contributed by atoms with Crippen LogP contribution < -0.4 is 14.2 Å². The number of fused-ring (bicyclic) bond motifs is 2. The Morgan fingerprint density at radius 3 is 2.89 bits per heavy atom. The molecule has 0 aromatic heterocycles. The molecule has 0 saturated carbocycles. The molecule has 2 aromatic carbocycles. The van der Waals surface area contributed by atoms with Crippen LogP contribution in [0.5, 0.6) is 17.2 Å². The quantitative estimate of drug-likeness (QED) is 0.785. The lowest BCUT2D eigenvalue weighted by Gasteiger charge is -2.15. The van der Waals surface area contributed by atoms with Crippen LogP contribution in [-0.2, 0) is 11.2 Å². The maximum atomic E-state index is 12.6. The second kappa shape index (κ2) is 6.65. The molecule has 3 aliphatic rings. The van der Waals surface area contributed by atoms with Crippen molar-refractivity contribution >= 4 is 12.0 Å². The molecule has 0 spiro atoms. The molecule has 5 rings (SSSR count). The van der Waals surface area contributed by atoms with E-state index in [0.29, 0.717) is 5.92 Å². The van der Waals surface area contributed by atoms with Crippen LogP contribution in [0.2, 0.25) is 0 Å². The van der Waals surface area contributed by atoms with E-state index >= 15 is 0 Å². The average Bonchev–Trinajstić information content (AvgIpc) is 3.45. The highest BCUT2D eigenvalue weighted by atomic mass is 16.7. The summed E-state index contributed by atoms with van der Waals surface area (Å²) in [5.41, 5.74) is 3.54. The van der Waals surface area contributed by atoms with E-state index in [0.717, 1.165) is 55.4 Å². The van der Waals surface area contributed by atoms with Gasteiger partial charge in [0.15, 0.2) is 11.5 Å². The summed E-state index contributed by atoms with van der Waals surface area (Å²) in [6, 6.07) is 12.2. The van der Waals surface area contributed by atoms with Crippen molar-refractivity contribution in [2.24, 2.45) is 0 Å². The second-order valence-electron chi connectivity index (χ2n) is 7.18. The van der Waals surface area contributed by atoms with Crippen molar-refractivity contribution in [3.8, 4) is 17.2 Å². The molecule has 1 amide bonds. The number of carbonyl (C=O) groups excluding carboxylic acids is 1. The Morgan fingerprint density at radius 2 is 1.93 bits per heavy atom. The summed E-state index contributed by atoms with van der Waals surface area (Å²) in [6.07, 6.45) is 5.47. The molecule has 27 heavy (non-hydrogen) atoms. The normalized spacial score (nSPS) is 20.1. The van der Waals surface area contributed by atoms with Gasteiger partial charge in [0.2, 0.25) is 12.7 Å². The molecule has 5 heteroatoms. The van der Waals surface area contributed by atoms with Crippen LogP contribution in [0.25, 0.3) is 6.08 Å². The number of amides is 1. The first-order valence-corrected chi connectivity index (χ1v) is 9.38. The van der Waals surface area contributed by atoms with Crippen molar-refractivity contribution < 1.29 is 19.0 Å². The fraction of sp³-hybridized carbons (Fsp3) is 0.318. The van der Waals surface area contributed by atoms with Crippen LogP contribution in [0.3, 0.4) is 0 Å². The fourth-order valence-electron chi connectivity index (χ4n) is 3.98. The highest BCUT2D eigenvalue weighted by Crippen LogP contribution is 2.34. The molecule has 3 heterocycles. The number of ether oxygens (including phenoxy) is 3. The molecule has 0 unspecified atom stereocenters. The number of nitrogens with zero attached hydrogens (tertiary/aromatic N) is 1. The third-order valence-electron chi connectivity index (χ3n) is 5.50. The van der Waals surface area contributed by atoms with Gasteiger partial charge in [-0.3, -0.25) is 4.79 Å². The molecule has 3 aliphatic heterocycles. The van der Waals surface area contributed by atoms with Gasteiger partial charge in [-0.25, -0.2) is 0 Å². The van der Waals surface area contributed by atoms with Crippen LogP contribution in [-0.4, -0.2) is 37.3 Å². The summed E-state index contributed by atoms with van der Waals surface area (Å²) in [5, 5.41) is 0. The molecular weight excluding hydrogens is 342 g/mol. The Hall–Kier alpha value is -2.95. The molecule has 1 fully saturated rings. The summed E-state index contributed by atoms with van der Waals surface area (Å²) in [4.78, 5) is 14.5. The molecule has 0 N–H and O–H groups in total. The number of carbonyl (C=O) groups is 1. The van der Waals surface area contributed by atoms with Gasteiger partial charge in [-0.05, 0) is 47.4 Å². The summed E-state index contributed by atoms with van der Waals surface area (Å²) in [7, 11) is 0. The van der Waals surface area contributed by atoms with Gasteiger partial charge < -0.3 is 19.1 Å². The maximum absolute atomic E-state index is 12.6. The monoisotopic (exact) mass is 363 g/mol. The van der Waals surface area contributed by atoms with Crippen molar-refractivity contribution in [3.63, 3.8) is 0 Å². The largest absolute Gasteiger partial charge is 0.493 e. The van der Waals surface area contributed by atoms with Gasteiger partial charge in [0, 0.05) is 31.5 Å². The van der Waals surface area contributed by atoms with Crippen molar-refractivity contribution in [1.82, 2.24) is 4.90 Å². The first-order chi connectivity index (χ1) is 13.3. The molecule has 0 aliphatic carbocycles. The lowest BCUT2D eigenvalue weighted by Crippen LogP contribution is -2.26. The number of hydrogen-bond donors (Lipinski definition) is 0. The van der Waals surface area contributed by atoms with E-state index in [1.807, 2.05) is 29.2 Å². The zero-order valence-corrected chi connectivity index (χ0v) is 15.0. The van der Waals surface area contributed by atoms with E-state index in [1.165, 1.54) is 11.1 Å². The average molecular weight is 363 g/mol. The molecule has 5 nitrogen and oxygen atoms in total. The number of likely N-dealkylation sites (tertiary alicyclic amines) is 1. The molecule has 138 valence electrons. The van der Waals surface area contributed by atoms with Crippen LogP contribution in [0.4, 0.5) is 0 Å². The number of benzene rings is 2. The standard InChI is InChI=1S/C22H21NO4/c24-22(6-2-15-1-4-20-21(11-15)27-14-26-20)23-9-7-18(13-23)16-3-5-19-17(12-16)8-10-25-19/h1-6,11-12,18H,7-10,13-14H2/b6-2+/t18-/m1/s1. The van der Waals surface area contributed by atoms with Gasteiger partial charge >= 0.3 is 0 Å². The van der Waals surface area contributed by atoms with Gasteiger partial charge in [0.05, 0.1) is 6.61 Å². The summed E-state index contributed by atoms with van der Waals surface area (Å²) >= 11 is 0. The van der Waals surface area contributed by atoms with E-state index in [4.69, 9.17) is 14.2 Å². The van der Waals surface area contributed by atoms with Gasteiger partial charge in [0.25, 0.3) is 0 Å². The highest BCUT2D eigenvalue weighted by molar-refractivity contribution is 5.92. The molecular formula is C22H21NO4. The predicted molar refractivity (Wildman–Crippen MR) is 101 cm³/mol. The highest BCUT2D eigenvalue weighted by Gasteiger charge is 2.27. The molecule has 1 saturated heterocycles. The number of rotatable bonds is 3. The first kappa shape index (κ1) is 16.2. The van der Waals surface area contributed by atoms with E-state index in [-0.39, 0.29) is 12.7 Å². The molecule has 1 atom stereocenters. The van der Waals surface area contributed by atoms with Crippen molar-refractivity contribution in [1.29, 1.82) is 0 Å². The maximum Gasteiger partial charge on any atom is 0.246 e. The minimum Gasteiger partial charge on any atom is -0.493 e. The first-order valence-electron chi connectivity index (χ1n) is 9.38.